The zero-order chi connectivity index (χ0) is 13.8. The van der Waals surface area contributed by atoms with Gasteiger partial charge in [-0.15, -0.1) is 0 Å². The topological polar surface area (TPSA) is 83.4 Å². The highest BCUT2D eigenvalue weighted by Crippen LogP contribution is 2.40. The molecule has 0 unspecified atom stereocenters. The van der Waals surface area contributed by atoms with Crippen molar-refractivity contribution in [2.75, 3.05) is 0 Å². The average Bonchev–Trinajstić information content (AvgIpc) is 3.19. The van der Waals surface area contributed by atoms with Gasteiger partial charge < -0.3 is 0 Å². The van der Waals surface area contributed by atoms with Gasteiger partial charge >= 0.3 is 0 Å². The van der Waals surface area contributed by atoms with Crippen LogP contribution in [0.3, 0.4) is 0 Å². The monoisotopic (exact) mass is 255 g/mol. The van der Waals surface area contributed by atoms with Crippen molar-refractivity contribution in [3.63, 3.8) is 0 Å². The van der Waals surface area contributed by atoms with Crippen molar-refractivity contribution in [1.82, 2.24) is 9.78 Å². The predicted molar refractivity (Wildman–Crippen MR) is 71.1 cm³/mol. The van der Waals surface area contributed by atoms with Crippen LogP contribution in [0.2, 0.25) is 0 Å². The summed E-state index contributed by atoms with van der Waals surface area (Å²) < 4.78 is 1.42. The van der Waals surface area contributed by atoms with Crippen LogP contribution in [-0.4, -0.2) is 28.7 Å². The molecule has 1 aliphatic rings. The summed E-state index contributed by atoms with van der Waals surface area (Å²) in [5.74, 6) is 0.610. The first-order valence-corrected chi connectivity index (χ1v) is 5.86. The van der Waals surface area contributed by atoms with E-state index < -0.39 is 0 Å². The zero-order valence-corrected chi connectivity index (χ0v) is 10.6. The van der Waals surface area contributed by atoms with E-state index >= 15 is 0 Å². The van der Waals surface area contributed by atoms with E-state index in [1.807, 2.05) is 0 Å². The maximum atomic E-state index is 10.5. The molecule has 1 saturated carbocycles. The number of rotatable bonds is 3. The van der Waals surface area contributed by atoms with E-state index in [0.29, 0.717) is 23.3 Å². The first-order chi connectivity index (χ1) is 9.19. The molecule has 6 heteroatoms. The van der Waals surface area contributed by atoms with Gasteiger partial charge in [0.05, 0.1) is 17.5 Å². The molecule has 0 amide bonds. The summed E-state index contributed by atoms with van der Waals surface area (Å²) in [4.78, 5) is 18.3. The molecule has 1 fully saturated rings. The molecule has 1 heterocycles. The molecule has 0 saturated heterocycles. The Labute approximate surface area is 110 Å². The number of aliphatic imine (C=N–C) groups is 2. The lowest BCUT2D eigenvalue weighted by Crippen LogP contribution is -2.09. The number of aldehydes is 1. The molecule has 0 aromatic carbocycles. The minimum atomic E-state index is 0.240. The van der Waals surface area contributed by atoms with Gasteiger partial charge in [-0.3, -0.25) is 4.79 Å². The summed E-state index contributed by atoms with van der Waals surface area (Å²) in [5.41, 5.74) is 1.79. The van der Waals surface area contributed by atoms with Crippen molar-refractivity contribution in [2.45, 2.75) is 25.7 Å². The lowest BCUT2D eigenvalue weighted by atomic mass is 10.2. The van der Waals surface area contributed by atoms with E-state index in [1.54, 1.807) is 13.1 Å². The highest BCUT2D eigenvalue weighted by atomic mass is 16.1. The van der Waals surface area contributed by atoms with Gasteiger partial charge in [0.2, 0.25) is 5.96 Å². The van der Waals surface area contributed by atoms with Crippen LogP contribution in [0.15, 0.2) is 28.0 Å². The van der Waals surface area contributed by atoms with E-state index in [-0.39, 0.29) is 5.96 Å². The van der Waals surface area contributed by atoms with Crippen LogP contribution in [0.1, 0.15) is 36.9 Å². The third-order valence-corrected chi connectivity index (χ3v) is 2.74. The Hall–Kier alpha value is -2.55. The molecule has 0 bridgehead atoms. The molecule has 0 radical (unpaired) electrons. The molecule has 1 aliphatic carbocycles. The van der Waals surface area contributed by atoms with Gasteiger partial charge in [-0.2, -0.15) is 10.4 Å². The molecular weight excluding hydrogens is 242 g/mol. The highest BCUT2D eigenvalue weighted by molar-refractivity contribution is 5.86. The van der Waals surface area contributed by atoms with Crippen LogP contribution in [0.4, 0.5) is 0 Å². The van der Waals surface area contributed by atoms with E-state index in [4.69, 9.17) is 5.26 Å². The summed E-state index contributed by atoms with van der Waals surface area (Å²) in [5, 5.41) is 13.4. The van der Waals surface area contributed by atoms with Crippen molar-refractivity contribution in [3.05, 3.63) is 29.2 Å². The van der Waals surface area contributed by atoms with E-state index in [0.717, 1.165) is 18.5 Å². The van der Waals surface area contributed by atoms with Crippen LogP contribution in [0, 0.1) is 11.3 Å². The normalized spacial score (nSPS) is 16.0. The molecule has 1 aromatic heterocycles. The molecule has 19 heavy (non-hydrogen) atoms. The number of allylic oxidation sites excluding steroid dienone is 1. The summed E-state index contributed by atoms with van der Waals surface area (Å²) in [6.07, 6.45) is 5.80. The third kappa shape index (κ3) is 2.83. The number of nitrogens with zero attached hydrogens (tertiary/aromatic N) is 5. The Bertz CT molecular complexity index is 613. The van der Waals surface area contributed by atoms with Gasteiger partial charge in [0, 0.05) is 17.7 Å². The van der Waals surface area contributed by atoms with Crippen molar-refractivity contribution in [3.8, 4) is 6.07 Å². The molecule has 0 spiro atoms. The standard InChI is InChI=1S/C13H13N5O/c1-9(8-19)6-16-13(15-2)18-7-11(5-14)12(17-18)10-3-4-10/h6-8,10H,2-4H2,1H3/b9-6+,16-13+. The van der Waals surface area contributed by atoms with Gasteiger partial charge in [-0.1, -0.05) is 0 Å². The highest BCUT2D eigenvalue weighted by Gasteiger charge is 2.29. The predicted octanol–water partition coefficient (Wildman–Crippen LogP) is 1.64. The fourth-order valence-corrected chi connectivity index (χ4v) is 1.60. The Kier molecular flexibility index (Phi) is 3.66. The summed E-state index contributed by atoms with van der Waals surface area (Å²) in [6.45, 7) is 5.06. The summed E-state index contributed by atoms with van der Waals surface area (Å²) in [6, 6.07) is 2.12. The minimum absolute atomic E-state index is 0.240. The molecule has 0 aliphatic heterocycles. The third-order valence-electron chi connectivity index (χ3n) is 2.74. The van der Waals surface area contributed by atoms with Gasteiger partial charge in [-0.25, -0.2) is 14.7 Å². The molecule has 0 N–H and O–H groups in total. The van der Waals surface area contributed by atoms with Crippen molar-refractivity contribution < 1.29 is 4.79 Å². The Morgan fingerprint density at radius 3 is 2.95 bits per heavy atom. The Balaban J connectivity index is 2.36. The second kappa shape index (κ2) is 5.40. The minimum Gasteiger partial charge on any atom is -0.298 e. The van der Waals surface area contributed by atoms with Gasteiger partial charge in [-0.05, 0) is 26.5 Å². The van der Waals surface area contributed by atoms with Crippen LogP contribution in [-0.2, 0) is 4.79 Å². The zero-order valence-electron chi connectivity index (χ0n) is 10.6. The molecule has 96 valence electrons. The smallest absolute Gasteiger partial charge is 0.249 e. The maximum Gasteiger partial charge on any atom is 0.249 e. The van der Waals surface area contributed by atoms with Crippen LogP contribution < -0.4 is 0 Å². The van der Waals surface area contributed by atoms with Gasteiger partial charge in [0.25, 0.3) is 0 Å². The maximum absolute atomic E-state index is 10.5. The average molecular weight is 255 g/mol. The lowest BCUT2D eigenvalue weighted by Gasteiger charge is -1.97. The van der Waals surface area contributed by atoms with E-state index in [2.05, 4.69) is 27.9 Å². The quantitative estimate of drug-likeness (QED) is 0.356. The lowest BCUT2D eigenvalue weighted by molar-refractivity contribution is -0.104. The Morgan fingerprint density at radius 1 is 1.68 bits per heavy atom. The van der Waals surface area contributed by atoms with E-state index in [1.165, 1.54) is 10.9 Å². The van der Waals surface area contributed by atoms with Crippen LogP contribution in [0.5, 0.6) is 0 Å². The number of hydrogen-bond donors (Lipinski definition) is 0. The number of carbonyl (C=O) groups is 1. The van der Waals surface area contributed by atoms with Crippen LogP contribution in [0.25, 0.3) is 0 Å². The first-order valence-electron chi connectivity index (χ1n) is 5.86. The fraction of sp³-hybridized carbons (Fsp3) is 0.308. The fourth-order valence-electron chi connectivity index (χ4n) is 1.60. The van der Waals surface area contributed by atoms with Crippen molar-refractivity contribution in [2.24, 2.45) is 9.98 Å². The molecule has 1 aromatic rings. The molecule has 0 atom stereocenters. The van der Waals surface area contributed by atoms with Crippen molar-refractivity contribution in [1.29, 1.82) is 5.26 Å². The SMILES string of the molecule is C=N/C(=N\C=C(/C)C=O)n1cc(C#N)c(C2CC2)n1. The second-order valence-corrected chi connectivity index (χ2v) is 4.34. The summed E-state index contributed by atoms with van der Waals surface area (Å²) >= 11 is 0. The number of carbonyl (C=O) groups excluding carboxylic acids is 1. The number of nitriles is 1. The molecule has 6 nitrogen and oxygen atoms in total. The van der Waals surface area contributed by atoms with Crippen LogP contribution >= 0.6 is 0 Å². The number of aromatic nitrogens is 2. The summed E-state index contributed by atoms with van der Waals surface area (Å²) in [7, 11) is 0. The van der Waals surface area contributed by atoms with E-state index in [9.17, 15) is 4.79 Å². The largest absolute Gasteiger partial charge is 0.298 e. The molecular formula is C13H13N5O. The second-order valence-electron chi connectivity index (χ2n) is 4.34. The van der Waals surface area contributed by atoms with Gasteiger partial charge in [0.15, 0.2) is 0 Å². The number of hydrogen-bond acceptors (Lipinski definition) is 4. The molecule has 2 rings (SSSR count). The van der Waals surface area contributed by atoms with Gasteiger partial charge in [0.1, 0.15) is 12.4 Å². The first kappa shape index (κ1) is 12.9. The van der Waals surface area contributed by atoms with Crippen molar-refractivity contribution >= 4 is 19.0 Å². The Morgan fingerprint density at radius 2 is 2.42 bits per heavy atom.